The maximum absolute atomic E-state index is 8.26. The van der Waals surface area contributed by atoms with Crippen molar-refractivity contribution >= 4 is 62.0 Å². The molecule has 7 heavy (non-hydrogen) atoms. The van der Waals surface area contributed by atoms with Crippen molar-refractivity contribution in [2.24, 2.45) is 0 Å². The van der Waals surface area contributed by atoms with Gasteiger partial charge in [0.05, 0.1) is 0 Å². The zero-order valence-corrected chi connectivity index (χ0v) is 8.95. The molecule has 0 amide bonds. The van der Waals surface area contributed by atoms with E-state index in [1.54, 1.807) is 0 Å². The van der Waals surface area contributed by atoms with Crippen molar-refractivity contribution in [1.29, 1.82) is 0 Å². The molecule has 0 bridgehead atoms. The van der Waals surface area contributed by atoms with E-state index in [0.717, 1.165) is 0 Å². The predicted octanol–water partition coefficient (Wildman–Crippen LogP) is 1.99. The first-order valence-electron chi connectivity index (χ1n) is 0.167. The van der Waals surface area contributed by atoms with Crippen LogP contribution in [0.1, 0.15) is 0 Å². The minimum absolute atomic E-state index is 0. The third-order valence-corrected chi connectivity index (χ3v) is 0. The van der Waals surface area contributed by atoms with Crippen molar-refractivity contribution in [2.75, 3.05) is 0 Å². The molecule has 0 heterocycles. The van der Waals surface area contributed by atoms with Crippen molar-refractivity contribution in [3.05, 3.63) is 0 Å². The molecule has 0 aliphatic heterocycles. The molecule has 0 atom stereocenters. The van der Waals surface area contributed by atoms with E-state index in [-0.39, 0.29) is 62.0 Å². The minimum atomic E-state index is 0. The van der Waals surface area contributed by atoms with Crippen LogP contribution in [-0.4, -0.2) is 0 Å². The van der Waals surface area contributed by atoms with E-state index in [2.05, 4.69) is 0 Å². The van der Waals surface area contributed by atoms with Gasteiger partial charge in [-0.15, -0.1) is 62.0 Å². The number of rotatable bonds is 0. The molecule has 52 valence electrons. The van der Waals surface area contributed by atoms with Crippen LogP contribution in [0.15, 0.2) is 0 Å². The summed E-state index contributed by atoms with van der Waals surface area (Å²) in [5, 5.41) is 0. The number of halogens is 5. The van der Waals surface area contributed by atoms with E-state index in [9.17, 15) is 0 Å². The Labute approximate surface area is 84.6 Å². The van der Waals surface area contributed by atoms with E-state index in [4.69, 9.17) is 3.40 Å². The first-order chi connectivity index (χ1) is 1.00. The van der Waals surface area contributed by atoms with Gasteiger partial charge in [0.2, 0.25) is 0 Å². The third-order valence-electron chi connectivity index (χ3n) is 0. The van der Waals surface area contributed by atoms with E-state index >= 15 is 0 Å². The van der Waals surface area contributed by atoms with Gasteiger partial charge in [-0.25, -0.2) is 0 Å². The molecule has 0 aliphatic carbocycles. The molecule has 0 aromatic heterocycles. The van der Waals surface area contributed by atoms with Gasteiger partial charge >= 0.3 is 23.2 Å². The van der Waals surface area contributed by atoms with Crippen molar-refractivity contribution < 1.29 is 23.2 Å². The van der Waals surface area contributed by atoms with Gasteiger partial charge in [0.1, 0.15) is 0 Å². The molecular weight excluding hydrogens is 289 g/mol. The van der Waals surface area contributed by atoms with Crippen LogP contribution in [-0.2, 0) is 23.2 Å². The number of hydrogen-bond acceptors (Lipinski definition) is 1. The fourth-order valence-electron chi connectivity index (χ4n) is 0. The monoisotopic (exact) mass is 294 g/mol. The van der Waals surface area contributed by atoms with Gasteiger partial charge in [0, 0.05) is 0 Å². The van der Waals surface area contributed by atoms with Gasteiger partial charge < -0.3 is 0 Å². The average Bonchev–Trinajstić information content (AvgIpc) is 1.00. The van der Waals surface area contributed by atoms with Crippen LogP contribution in [0.4, 0.5) is 0 Å². The van der Waals surface area contributed by atoms with E-state index in [1.165, 1.54) is 0 Å². The van der Waals surface area contributed by atoms with Crippen LogP contribution in [0.25, 0.3) is 0 Å². The summed E-state index contributed by atoms with van der Waals surface area (Å²) >= 11 is 0.700. The molecular formula is H5Cl5MoO. The van der Waals surface area contributed by atoms with Gasteiger partial charge in [-0.1, -0.05) is 0 Å². The van der Waals surface area contributed by atoms with E-state index in [1.807, 2.05) is 0 Å². The maximum atomic E-state index is 8.26. The molecule has 0 spiro atoms. The first-order valence-corrected chi connectivity index (χ1v) is 0.986. The van der Waals surface area contributed by atoms with Crippen LogP contribution in [0.2, 0.25) is 0 Å². The fourth-order valence-corrected chi connectivity index (χ4v) is 0. The Hall–Kier alpha value is 1.94. The molecule has 0 N–H and O–H groups in total. The summed E-state index contributed by atoms with van der Waals surface area (Å²) in [5.74, 6) is 0. The van der Waals surface area contributed by atoms with Gasteiger partial charge in [-0.05, 0) is 0 Å². The molecule has 0 aliphatic rings. The van der Waals surface area contributed by atoms with Crippen molar-refractivity contribution in [2.45, 2.75) is 0 Å². The molecule has 0 unspecified atom stereocenters. The topological polar surface area (TPSA) is 17.1 Å². The molecule has 0 fully saturated rings. The normalized spacial score (nSPS) is 0.571. The Bertz CT molecular complexity index is 8.04. The van der Waals surface area contributed by atoms with Gasteiger partial charge in [0.25, 0.3) is 0 Å². The van der Waals surface area contributed by atoms with Crippen molar-refractivity contribution in [1.82, 2.24) is 0 Å². The SMILES string of the molecule is Cl.Cl.Cl.Cl.Cl.[O]=[Mo]. The summed E-state index contributed by atoms with van der Waals surface area (Å²) in [5.41, 5.74) is 0. The Morgan fingerprint density at radius 1 is 0.571 bits per heavy atom. The first kappa shape index (κ1) is 65.2. The Morgan fingerprint density at radius 3 is 0.571 bits per heavy atom. The van der Waals surface area contributed by atoms with Crippen LogP contribution in [0.3, 0.4) is 0 Å². The van der Waals surface area contributed by atoms with E-state index < -0.39 is 0 Å². The number of hydrogen-bond donors (Lipinski definition) is 0. The van der Waals surface area contributed by atoms with Crippen LogP contribution >= 0.6 is 62.0 Å². The summed E-state index contributed by atoms with van der Waals surface area (Å²) in [7, 11) is 0. The molecule has 7 heteroatoms. The average molecular weight is 294 g/mol. The molecule has 0 radical (unpaired) electrons. The van der Waals surface area contributed by atoms with Gasteiger partial charge in [-0.3, -0.25) is 0 Å². The van der Waals surface area contributed by atoms with Crippen molar-refractivity contribution in [3.8, 4) is 0 Å². The van der Waals surface area contributed by atoms with Crippen LogP contribution < -0.4 is 0 Å². The molecule has 0 aromatic carbocycles. The van der Waals surface area contributed by atoms with Crippen LogP contribution in [0.5, 0.6) is 0 Å². The fraction of sp³-hybridized carbons (Fsp3) is 0. The van der Waals surface area contributed by atoms with Crippen molar-refractivity contribution in [3.63, 3.8) is 0 Å². The van der Waals surface area contributed by atoms with E-state index in [0.29, 0.717) is 19.8 Å². The molecule has 1 nitrogen and oxygen atoms in total. The van der Waals surface area contributed by atoms with Crippen LogP contribution in [0, 0.1) is 0 Å². The summed E-state index contributed by atoms with van der Waals surface area (Å²) in [6, 6.07) is 0. The molecule has 0 saturated carbocycles. The predicted molar refractivity (Wildman–Crippen MR) is 36.9 cm³/mol. The second-order valence-electron chi connectivity index (χ2n) is 0. The third kappa shape index (κ3) is 74.5. The summed E-state index contributed by atoms with van der Waals surface area (Å²) < 4.78 is 8.26. The Kier molecular flexibility index (Phi) is 948. The Balaban J connectivity index is -0.000000000500. The zero-order chi connectivity index (χ0) is 2.00. The summed E-state index contributed by atoms with van der Waals surface area (Å²) in [6.07, 6.45) is 0. The molecule has 0 saturated heterocycles. The van der Waals surface area contributed by atoms with Gasteiger partial charge in [-0.2, -0.15) is 0 Å². The second kappa shape index (κ2) is 102. The molecule has 0 rings (SSSR count). The summed E-state index contributed by atoms with van der Waals surface area (Å²) in [4.78, 5) is 0. The molecule has 0 aromatic rings. The summed E-state index contributed by atoms with van der Waals surface area (Å²) in [6.45, 7) is 0. The quantitative estimate of drug-likeness (QED) is 0.624. The van der Waals surface area contributed by atoms with Gasteiger partial charge in [0.15, 0.2) is 0 Å². The standard InChI is InChI=1S/5ClH.Mo.O/h5*1H;;. The Morgan fingerprint density at radius 2 is 0.571 bits per heavy atom. The zero-order valence-electron chi connectivity index (χ0n) is 2.86. The second-order valence-corrected chi connectivity index (χ2v) is 0.